The highest BCUT2D eigenvalue weighted by atomic mass is 32.1. The lowest BCUT2D eigenvalue weighted by Gasteiger charge is -2.23. The average Bonchev–Trinajstić information content (AvgIpc) is 2.34. The Bertz CT molecular complexity index is 450. The third-order valence-electron chi connectivity index (χ3n) is 2.76. The molecule has 0 saturated carbocycles. The molecule has 2 N–H and O–H groups in total. The number of carbonyl (C=O) groups is 1. The van der Waals surface area contributed by atoms with Crippen molar-refractivity contribution in [1.29, 1.82) is 0 Å². The summed E-state index contributed by atoms with van der Waals surface area (Å²) in [4.78, 5) is 13.6. The average molecular weight is 268 g/mol. The normalized spacial score (nSPS) is 11.9. The van der Waals surface area contributed by atoms with Gasteiger partial charge < -0.3 is 10.6 Å². The molecule has 3 nitrogen and oxygen atoms in total. The van der Waals surface area contributed by atoms with Crippen molar-refractivity contribution in [2.75, 3.05) is 11.9 Å². The second kappa shape index (κ2) is 6.44. The first kappa shape index (κ1) is 14.6. The lowest BCUT2D eigenvalue weighted by Crippen LogP contribution is -2.39. The summed E-state index contributed by atoms with van der Waals surface area (Å²) >= 11 is 4.90. The molecule has 0 aliphatic carbocycles. The predicted molar refractivity (Wildman–Crippen MR) is 75.0 cm³/mol. The minimum absolute atomic E-state index is 0.157. The molecule has 5 heteroatoms. The van der Waals surface area contributed by atoms with Crippen LogP contribution in [0.5, 0.6) is 0 Å². The van der Waals surface area contributed by atoms with Gasteiger partial charge in [0.1, 0.15) is 5.82 Å². The lowest BCUT2D eigenvalue weighted by atomic mass is 10.0. The zero-order valence-corrected chi connectivity index (χ0v) is 11.3. The molecule has 0 aliphatic heterocycles. The first-order valence-electron chi connectivity index (χ1n) is 5.80. The van der Waals surface area contributed by atoms with Crippen LogP contribution in [0.25, 0.3) is 0 Å². The van der Waals surface area contributed by atoms with Gasteiger partial charge in [-0.2, -0.15) is 0 Å². The van der Waals surface area contributed by atoms with Crippen LogP contribution in [0.1, 0.15) is 19.8 Å². The molecule has 0 heterocycles. The number of amides is 1. The van der Waals surface area contributed by atoms with Crippen molar-refractivity contribution in [3.05, 3.63) is 30.1 Å². The molecule has 18 heavy (non-hydrogen) atoms. The number of benzene rings is 1. The van der Waals surface area contributed by atoms with Gasteiger partial charge in [0, 0.05) is 7.05 Å². The zero-order chi connectivity index (χ0) is 13.7. The number of anilines is 1. The maximum Gasteiger partial charge on any atom is 0.236 e. The maximum atomic E-state index is 13.6. The van der Waals surface area contributed by atoms with Gasteiger partial charge in [0.15, 0.2) is 0 Å². The van der Waals surface area contributed by atoms with Crippen LogP contribution in [0, 0.1) is 11.7 Å². The van der Waals surface area contributed by atoms with Crippen LogP contribution in [0.3, 0.4) is 0 Å². The Kier molecular flexibility index (Phi) is 5.22. The van der Waals surface area contributed by atoms with Crippen molar-refractivity contribution in [2.45, 2.75) is 19.8 Å². The van der Waals surface area contributed by atoms with Crippen LogP contribution < -0.4 is 10.6 Å². The summed E-state index contributed by atoms with van der Waals surface area (Å²) in [6, 6.07) is 6.12. The van der Waals surface area contributed by atoms with Gasteiger partial charge in [0.25, 0.3) is 0 Å². The van der Waals surface area contributed by atoms with E-state index in [-0.39, 0.29) is 16.6 Å². The number of nitrogens with zero attached hydrogens (tertiary/aromatic N) is 1. The van der Waals surface area contributed by atoms with Crippen molar-refractivity contribution >= 4 is 28.8 Å². The Labute approximate surface area is 112 Å². The van der Waals surface area contributed by atoms with Crippen LogP contribution in [-0.2, 0) is 4.79 Å². The molecule has 0 spiro atoms. The Hall–Kier alpha value is -1.49. The summed E-state index contributed by atoms with van der Waals surface area (Å²) in [5.41, 5.74) is 5.80. The topological polar surface area (TPSA) is 46.3 Å². The molecule has 98 valence electrons. The molecule has 0 fully saturated rings. The molecule has 0 aliphatic rings. The van der Waals surface area contributed by atoms with E-state index >= 15 is 0 Å². The van der Waals surface area contributed by atoms with Crippen LogP contribution in [0.2, 0.25) is 0 Å². The number of hydrogen-bond acceptors (Lipinski definition) is 2. The molecule has 0 saturated heterocycles. The smallest absolute Gasteiger partial charge is 0.236 e. The summed E-state index contributed by atoms with van der Waals surface area (Å²) in [6.45, 7) is 1.95. The van der Waals surface area contributed by atoms with E-state index in [0.717, 1.165) is 6.42 Å². The third kappa shape index (κ3) is 3.26. The largest absolute Gasteiger partial charge is 0.393 e. The fraction of sp³-hybridized carbons (Fsp3) is 0.385. The number of para-hydroxylation sites is 1. The Morgan fingerprint density at radius 2 is 2.11 bits per heavy atom. The Balaban J connectivity index is 2.95. The molecule has 1 aromatic rings. The summed E-state index contributed by atoms with van der Waals surface area (Å²) in [5.74, 6) is -1.24. The number of hydrogen-bond donors (Lipinski definition) is 1. The fourth-order valence-corrected chi connectivity index (χ4v) is 1.97. The van der Waals surface area contributed by atoms with E-state index in [1.807, 2.05) is 6.92 Å². The van der Waals surface area contributed by atoms with Gasteiger partial charge in [-0.25, -0.2) is 4.39 Å². The number of rotatable bonds is 5. The van der Waals surface area contributed by atoms with Crippen molar-refractivity contribution in [3.8, 4) is 0 Å². The quantitative estimate of drug-likeness (QED) is 0.835. The van der Waals surface area contributed by atoms with Crippen molar-refractivity contribution in [3.63, 3.8) is 0 Å². The second-order valence-corrected chi connectivity index (χ2v) is 4.56. The highest BCUT2D eigenvalue weighted by Gasteiger charge is 2.25. The summed E-state index contributed by atoms with van der Waals surface area (Å²) < 4.78 is 13.6. The lowest BCUT2D eigenvalue weighted by molar-refractivity contribution is -0.120. The van der Waals surface area contributed by atoms with Crippen LogP contribution in [0.15, 0.2) is 24.3 Å². The Morgan fingerprint density at radius 3 is 2.61 bits per heavy atom. The van der Waals surface area contributed by atoms with E-state index in [2.05, 4.69) is 0 Å². The summed E-state index contributed by atoms with van der Waals surface area (Å²) in [6.07, 6.45) is 1.37. The minimum atomic E-state index is -0.533. The molecule has 0 aromatic heterocycles. The SMILES string of the molecule is CCCC(C(=O)N(C)c1ccccc1F)C(N)=S. The van der Waals surface area contributed by atoms with E-state index in [0.29, 0.717) is 6.42 Å². The molecular formula is C13H17FN2OS. The van der Waals surface area contributed by atoms with Crippen LogP contribution in [0.4, 0.5) is 10.1 Å². The first-order valence-corrected chi connectivity index (χ1v) is 6.21. The highest BCUT2D eigenvalue weighted by molar-refractivity contribution is 7.80. The monoisotopic (exact) mass is 268 g/mol. The van der Waals surface area contributed by atoms with Gasteiger partial charge in [-0.1, -0.05) is 37.7 Å². The Morgan fingerprint density at radius 1 is 1.50 bits per heavy atom. The van der Waals surface area contributed by atoms with E-state index < -0.39 is 11.7 Å². The number of carbonyl (C=O) groups excluding carboxylic acids is 1. The molecule has 1 amide bonds. The number of nitrogens with two attached hydrogens (primary N) is 1. The van der Waals surface area contributed by atoms with E-state index in [1.165, 1.54) is 18.0 Å². The van der Waals surface area contributed by atoms with Gasteiger partial charge in [0.05, 0.1) is 16.6 Å². The van der Waals surface area contributed by atoms with Gasteiger partial charge in [0.2, 0.25) is 5.91 Å². The number of thiocarbonyl (C=S) groups is 1. The van der Waals surface area contributed by atoms with Crippen molar-refractivity contribution < 1.29 is 9.18 Å². The molecule has 0 radical (unpaired) electrons. The molecule has 0 bridgehead atoms. The molecule has 1 aromatic carbocycles. The first-order chi connectivity index (χ1) is 8.49. The van der Waals surface area contributed by atoms with Crippen LogP contribution in [-0.4, -0.2) is 17.9 Å². The second-order valence-electron chi connectivity index (χ2n) is 4.09. The van der Waals surface area contributed by atoms with Gasteiger partial charge in [-0.05, 0) is 18.6 Å². The van der Waals surface area contributed by atoms with Gasteiger partial charge >= 0.3 is 0 Å². The minimum Gasteiger partial charge on any atom is -0.393 e. The van der Waals surface area contributed by atoms with Gasteiger partial charge in [-0.3, -0.25) is 4.79 Å². The van der Waals surface area contributed by atoms with Crippen molar-refractivity contribution in [1.82, 2.24) is 0 Å². The fourth-order valence-electron chi connectivity index (χ4n) is 1.75. The van der Waals surface area contributed by atoms with E-state index in [1.54, 1.807) is 18.2 Å². The van der Waals surface area contributed by atoms with E-state index in [9.17, 15) is 9.18 Å². The summed E-state index contributed by atoms with van der Waals surface area (Å²) in [5, 5.41) is 0. The molecule has 1 unspecified atom stereocenters. The predicted octanol–water partition coefficient (Wildman–Crippen LogP) is 2.49. The maximum absolute atomic E-state index is 13.6. The standard InChI is InChI=1S/C13H17FN2OS/c1-3-6-9(12(15)18)13(17)16(2)11-8-5-4-7-10(11)14/h4-5,7-9H,3,6H2,1-2H3,(H2,15,18). The third-order valence-corrected chi connectivity index (χ3v) is 3.05. The number of halogens is 1. The highest BCUT2D eigenvalue weighted by Crippen LogP contribution is 2.20. The van der Waals surface area contributed by atoms with Crippen molar-refractivity contribution in [2.24, 2.45) is 11.7 Å². The van der Waals surface area contributed by atoms with E-state index in [4.69, 9.17) is 18.0 Å². The summed E-state index contributed by atoms with van der Waals surface area (Å²) in [7, 11) is 1.53. The molecule has 1 rings (SSSR count). The molecular weight excluding hydrogens is 251 g/mol. The molecule has 1 atom stereocenters. The van der Waals surface area contributed by atoms with Crippen LogP contribution >= 0.6 is 12.2 Å². The zero-order valence-electron chi connectivity index (χ0n) is 10.5. The van der Waals surface area contributed by atoms with Gasteiger partial charge in [-0.15, -0.1) is 0 Å².